The van der Waals surface area contributed by atoms with Crippen LogP contribution in [0.4, 0.5) is 16.3 Å². The van der Waals surface area contributed by atoms with Crippen molar-refractivity contribution in [1.29, 1.82) is 0 Å². The van der Waals surface area contributed by atoms with E-state index in [9.17, 15) is 4.79 Å². The Balaban J connectivity index is 1.42. The van der Waals surface area contributed by atoms with E-state index in [0.29, 0.717) is 44.3 Å². The predicted molar refractivity (Wildman–Crippen MR) is 132 cm³/mol. The van der Waals surface area contributed by atoms with Crippen molar-refractivity contribution in [2.75, 3.05) is 50.1 Å². The van der Waals surface area contributed by atoms with Gasteiger partial charge in [0.05, 0.1) is 25.3 Å². The number of anilines is 2. The summed E-state index contributed by atoms with van der Waals surface area (Å²) < 4.78 is 16.8. The van der Waals surface area contributed by atoms with Crippen molar-refractivity contribution in [3.8, 4) is 17.2 Å². The van der Waals surface area contributed by atoms with Crippen LogP contribution < -0.4 is 24.4 Å². The fourth-order valence-electron chi connectivity index (χ4n) is 3.94. The summed E-state index contributed by atoms with van der Waals surface area (Å²) in [5.74, 6) is 2.91. The Hall–Kier alpha value is -3.75. The van der Waals surface area contributed by atoms with Crippen molar-refractivity contribution in [3.63, 3.8) is 0 Å². The van der Waals surface area contributed by atoms with Crippen molar-refractivity contribution in [3.05, 3.63) is 42.7 Å². The van der Waals surface area contributed by atoms with E-state index in [1.54, 1.807) is 13.4 Å². The first-order valence-corrected chi connectivity index (χ1v) is 11.5. The zero-order chi connectivity index (χ0) is 24.1. The quantitative estimate of drug-likeness (QED) is 0.560. The predicted octanol–water partition coefficient (Wildman–Crippen LogP) is 4.18. The molecule has 0 spiro atoms. The lowest BCUT2D eigenvalue weighted by atomic mass is 10.2. The summed E-state index contributed by atoms with van der Waals surface area (Å²) in [5.41, 5.74) is 1.53. The van der Waals surface area contributed by atoms with Gasteiger partial charge in [-0.15, -0.1) is 0 Å². The van der Waals surface area contributed by atoms with Gasteiger partial charge >= 0.3 is 6.03 Å². The number of ether oxygens (including phenoxy) is 3. The van der Waals surface area contributed by atoms with Crippen LogP contribution in [0.5, 0.6) is 17.2 Å². The number of aromatic nitrogens is 2. The van der Waals surface area contributed by atoms with Crippen molar-refractivity contribution in [2.24, 2.45) is 0 Å². The van der Waals surface area contributed by atoms with E-state index in [1.165, 1.54) is 0 Å². The van der Waals surface area contributed by atoms with Crippen molar-refractivity contribution in [1.82, 2.24) is 14.9 Å². The van der Waals surface area contributed by atoms with Gasteiger partial charge in [-0.05, 0) is 51.1 Å². The zero-order valence-electron chi connectivity index (χ0n) is 20.1. The normalized spacial score (nSPS) is 13.8. The minimum absolute atomic E-state index is 0.108. The molecular weight excluding hydrogens is 434 g/mol. The number of nitrogens with zero attached hydrogens (tertiary/aromatic N) is 4. The maximum Gasteiger partial charge on any atom is 0.321 e. The number of rotatable bonds is 7. The van der Waals surface area contributed by atoms with Gasteiger partial charge in [-0.1, -0.05) is 0 Å². The number of nitrogens with one attached hydrogen (secondary N) is 1. The first-order valence-electron chi connectivity index (χ1n) is 11.5. The summed E-state index contributed by atoms with van der Waals surface area (Å²) in [4.78, 5) is 25.7. The minimum atomic E-state index is -0.118. The lowest BCUT2D eigenvalue weighted by Gasteiger charge is -2.35. The van der Waals surface area contributed by atoms with E-state index in [2.05, 4.69) is 20.2 Å². The van der Waals surface area contributed by atoms with E-state index in [1.807, 2.05) is 62.1 Å². The van der Waals surface area contributed by atoms with Crippen LogP contribution in [0.25, 0.3) is 10.9 Å². The van der Waals surface area contributed by atoms with Gasteiger partial charge in [0.2, 0.25) is 0 Å². The third-order valence-electron chi connectivity index (χ3n) is 5.54. The molecule has 34 heavy (non-hydrogen) atoms. The average Bonchev–Trinajstić information content (AvgIpc) is 2.84. The second-order valence-corrected chi connectivity index (χ2v) is 8.25. The molecule has 1 saturated heterocycles. The second kappa shape index (κ2) is 10.5. The van der Waals surface area contributed by atoms with Gasteiger partial charge in [0, 0.05) is 43.3 Å². The summed E-state index contributed by atoms with van der Waals surface area (Å²) in [5, 5.41) is 3.86. The first kappa shape index (κ1) is 23.4. The Morgan fingerprint density at radius 1 is 1.06 bits per heavy atom. The Morgan fingerprint density at radius 2 is 1.79 bits per heavy atom. The number of hydrogen-bond acceptors (Lipinski definition) is 7. The number of amides is 2. The van der Waals surface area contributed by atoms with Crippen LogP contribution in [-0.4, -0.2) is 66.9 Å². The van der Waals surface area contributed by atoms with Crippen LogP contribution in [0.15, 0.2) is 42.7 Å². The topological polar surface area (TPSA) is 89.1 Å². The average molecular weight is 466 g/mol. The fourth-order valence-corrected chi connectivity index (χ4v) is 3.94. The molecule has 1 aromatic heterocycles. The molecule has 1 N–H and O–H groups in total. The highest BCUT2D eigenvalue weighted by Crippen LogP contribution is 2.35. The highest BCUT2D eigenvalue weighted by Gasteiger charge is 2.24. The number of carbonyl (C=O) groups is 1. The van der Waals surface area contributed by atoms with Crippen molar-refractivity contribution >= 4 is 28.4 Å². The van der Waals surface area contributed by atoms with Crippen LogP contribution in [0, 0.1) is 0 Å². The molecule has 2 heterocycles. The highest BCUT2D eigenvalue weighted by atomic mass is 16.5. The largest absolute Gasteiger partial charge is 0.493 e. The molecular formula is C25H31N5O4. The lowest BCUT2D eigenvalue weighted by Crippen LogP contribution is -2.50. The molecule has 1 fully saturated rings. The van der Waals surface area contributed by atoms with E-state index >= 15 is 0 Å². The fraction of sp³-hybridized carbons (Fsp3) is 0.400. The molecule has 4 rings (SSSR count). The van der Waals surface area contributed by atoms with Crippen LogP contribution in [0.3, 0.4) is 0 Å². The molecule has 9 nitrogen and oxygen atoms in total. The number of hydrogen-bond donors (Lipinski definition) is 1. The number of methoxy groups -OCH3 is 1. The molecule has 0 atom stereocenters. The maximum absolute atomic E-state index is 12.8. The van der Waals surface area contributed by atoms with Crippen LogP contribution >= 0.6 is 0 Å². The van der Waals surface area contributed by atoms with E-state index < -0.39 is 0 Å². The molecule has 0 unspecified atom stereocenters. The molecule has 180 valence electrons. The standard InChI is InChI=1S/C25H31N5O4/c1-5-33-23-15-21-20(14-22(23)32-4)24(27-16-26-21)29-10-12-30(13-11-29)25(31)28-18-6-8-19(9-7-18)34-17(2)3/h6-9,14-17H,5,10-13H2,1-4H3,(H,28,31). The van der Waals surface area contributed by atoms with Crippen molar-refractivity contribution < 1.29 is 19.0 Å². The van der Waals surface area contributed by atoms with E-state index in [4.69, 9.17) is 14.2 Å². The Kier molecular flexibility index (Phi) is 7.20. The molecule has 0 radical (unpaired) electrons. The summed E-state index contributed by atoms with van der Waals surface area (Å²) in [7, 11) is 1.62. The highest BCUT2D eigenvalue weighted by molar-refractivity contribution is 5.92. The number of fused-ring (bicyclic) bond motifs is 1. The summed E-state index contributed by atoms with van der Waals surface area (Å²) in [6.45, 7) is 8.93. The minimum Gasteiger partial charge on any atom is -0.493 e. The SMILES string of the molecule is CCOc1cc2ncnc(N3CCN(C(=O)Nc4ccc(OC(C)C)cc4)CC3)c2cc1OC. The molecule has 2 amide bonds. The third kappa shape index (κ3) is 5.24. The number of urea groups is 1. The molecule has 1 aliphatic rings. The van der Waals surface area contributed by atoms with Gasteiger partial charge < -0.3 is 29.3 Å². The van der Waals surface area contributed by atoms with Crippen LogP contribution in [0.2, 0.25) is 0 Å². The van der Waals surface area contributed by atoms with Gasteiger partial charge in [-0.25, -0.2) is 14.8 Å². The van der Waals surface area contributed by atoms with Gasteiger partial charge in [0.15, 0.2) is 11.5 Å². The Bertz CT molecular complexity index is 1130. The van der Waals surface area contributed by atoms with Gasteiger partial charge in [0.25, 0.3) is 0 Å². The van der Waals surface area contributed by atoms with E-state index in [0.717, 1.165) is 28.2 Å². The molecule has 0 aliphatic carbocycles. The molecule has 0 saturated carbocycles. The van der Waals surface area contributed by atoms with Crippen LogP contribution in [-0.2, 0) is 0 Å². The second-order valence-electron chi connectivity index (χ2n) is 8.25. The monoisotopic (exact) mass is 465 g/mol. The third-order valence-corrected chi connectivity index (χ3v) is 5.54. The smallest absolute Gasteiger partial charge is 0.321 e. The molecule has 9 heteroatoms. The van der Waals surface area contributed by atoms with Gasteiger partial charge in [-0.2, -0.15) is 0 Å². The Labute approximate surface area is 199 Å². The van der Waals surface area contributed by atoms with Gasteiger partial charge in [0.1, 0.15) is 17.9 Å². The van der Waals surface area contributed by atoms with Gasteiger partial charge in [-0.3, -0.25) is 0 Å². The summed E-state index contributed by atoms with van der Waals surface area (Å²) in [6.07, 6.45) is 1.67. The first-order chi connectivity index (χ1) is 16.5. The van der Waals surface area contributed by atoms with E-state index in [-0.39, 0.29) is 12.1 Å². The number of benzene rings is 2. The Morgan fingerprint density at radius 3 is 2.44 bits per heavy atom. The lowest BCUT2D eigenvalue weighted by molar-refractivity contribution is 0.208. The maximum atomic E-state index is 12.8. The van der Waals surface area contributed by atoms with Crippen LogP contribution in [0.1, 0.15) is 20.8 Å². The van der Waals surface area contributed by atoms with Crippen molar-refractivity contribution in [2.45, 2.75) is 26.9 Å². The number of carbonyl (C=O) groups excluding carboxylic acids is 1. The zero-order valence-corrected chi connectivity index (χ0v) is 20.1. The molecule has 2 aromatic carbocycles. The molecule has 0 bridgehead atoms. The summed E-state index contributed by atoms with van der Waals surface area (Å²) in [6, 6.07) is 11.1. The number of piperazine rings is 1. The molecule has 1 aliphatic heterocycles. The summed E-state index contributed by atoms with van der Waals surface area (Å²) >= 11 is 0. The molecule has 3 aromatic rings.